The Bertz CT molecular complexity index is 1170. The molecule has 3 rings (SSSR count). The van der Waals surface area contributed by atoms with Gasteiger partial charge < -0.3 is 19.1 Å². The van der Waals surface area contributed by atoms with E-state index in [1.807, 2.05) is 6.92 Å². The lowest BCUT2D eigenvalue weighted by molar-refractivity contribution is -0.697. The number of carbonyl (C=O) groups excluding carboxylic acids is 3. The summed E-state index contributed by atoms with van der Waals surface area (Å²) < 4.78 is 42.0. The van der Waals surface area contributed by atoms with Gasteiger partial charge in [-0.25, -0.2) is 18.0 Å². The van der Waals surface area contributed by atoms with Gasteiger partial charge in [-0.05, 0) is 25.1 Å². The molecule has 32 heavy (non-hydrogen) atoms. The molecule has 170 valence electrons. The van der Waals surface area contributed by atoms with Gasteiger partial charge in [0.25, 0.3) is 6.04 Å². The van der Waals surface area contributed by atoms with Gasteiger partial charge in [-0.3, -0.25) is 4.79 Å². The number of aromatic nitrogens is 1. The Morgan fingerprint density at radius 3 is 2.12 bits per heavy atom. The number of aryl methyl sites for hydroxylation is 1. The Labute approximate surface area is 184 Å². The average molecular weight is 463 g/mol. The molecule has 1 aromatic carbocycles. The SMILES string of the molecule is COC(=O)C1=C(C(=O)OC)C(C(=O)CO)[n+]2ccccc21.Cc1ccc(S(=O)(=O)[O-])cc1. The van der Waals surface area contributed by atoms with Crippen LogP contribution in [0.3, 0.4) is 0 Å². The Hall–Kier alpha value is -3.41. The Balaban J connectivity index is 0.000000278. The van der Waals surface area contributed by atoms with Crippen LogP contribution in [0.5, 0.6) is 0 Å². The number of hydrogen-bond acceptors (Lipinski definition) is 9. The quantitative estimate of drug-likeness (QED) is 0.369. The molecule has 1 aromatic heterocycles. The first kappa shape index (κ1) is 24.9. The van der Waals surface area contributed by atoms with Crippen LogP contribution in [0.1, 0.15) is 17.3 Å². The number of fused-ring (bicyclic) bond motifs is 1. The molecule has 0 fully saturated rings. The number of carbonyl (C=O) groups is 3. The normalized spacial score (nSPS) is 14.7. The van der Waals surface area contributed by atoms with Crippen molar-refractivity contribution in [2.24, 2.45) is 0 Å². The first-order valence-corrected chi connectivity index (χ1v) is 10.5. The molecule has 1 N–H and O–H groups in total. The maximum atomic E-state index is 12.0. The molecule has 11 heteroatoms. The minimum absolute atomic E-state index is 0.0308. The minimum Gasteiger partial charge on any atom is -0.744 e. The lowest BCUT2D eigenvalue weighted by atomic mass is 10.0. The summed E-state index contributed by atoms with van der Waals surface area (Å²) in [5, 5.41) is 9.12. The highest BCUT2D eigenvalue weighted by Crippen LogP contribution is 2.32. The van der Waals surface area contributed by atoms with E-state index in [2.05, 4.69) is 9.47 Å². The van der Waals surface area contributed by atoms with Crippen molar-refractivity contribution >= 4 is 33.4 Å². The van der Waals surface area contributed by atoms with E-state index in [1.54, 1.807) is 36.5 Å². The van der Waals surface area contributed by atoms with Gasteiger partial charge in [0.1, 0.15) is 27.9 Å². The second-order valence-electron chi connectivity index (χ2n) is 6.56. The summed E-state index contributed by atoms with van der Waals surface area (Å²) in [6.07, 6.45) is 1.55. The minimum atomic E-state index is -4.27. The lowest BCUT2D eigenvalue weighted by Gasteiger charge is -2.07. The Morgan fingerprint density at radius 2 is 1.62 bits per heavy atom. The predicted molar refractivity (Wildman–Crippen MR) is 108 cm³/mol. The van der Waals surface area contributed by atoms with Crippen molar-refractivity contribution in [3.05, 3.63) is 65.5 Å². The van der Waals surface area contributed by atoms with Gasteiger partial charge in [0, 0.05) is 12.1 Å². The summed E-state index contributed by atoms with van der Waals surface area (Å²) >= 11 is 0. The standard InChI is InChI=1S/C14H14NO6.C7H8O3S/c1-20-13(18)10-8-5-3-4-6-15(8)12(9(17)7-16)11(10)14(19)21-2;1-6-2-4-7(5-3-6)11(8,9)10/h3-6,12,16H,7H2,1-2H3;2-5H,1H3,(H,8,9,10)/q+1;/p-1. The van der Waals surface area contributed by atoms with Gasteiger partial charge in [-0.1, -0.05) is 17.7 Å². The van der Waals surface area contributed by atoms with Crippen LogP contribution in [0.15, 0.2) is 59.1 Å². The number of hydrogen-bond donors (Lipinski definition) is 1. The van der Waals surface area contributed by atoms with Crippen LogP contribution in [0.2, 0.25) is 0 Å². The summed E-state index contributed by atoms with van der Waals surface area (Å²) in [6.45, 7) is 1.06. The third kappa shape index (κ3) is 5.25. The maximum absolute atomic E-state index is 12.0. The average Bonchev–Trinajstić information content (AvgIpc) is 3.13. The molecule has 1 aliphatic heterocycles. The van der Waals surface area contributed by atoms with Crippen LogP contribution in [-0.2, 0) is 34.0 Å². The van der Waals surface area contributed by atoms with Crippen molar-refractivity contribution in [2.75, 3.05) is 20.8 Å². The molecular weight excluding hydrogens is 442 g/mol. The zero-order chi connectivity index (χ0) is 24.1. The number of rotatable bonds is 5. The number of esters is 2. The molecule has 1 atom stereocenters. The molecule has 1 aliphatic rings. The fourth-order valence-electron chi connectivity index (χ4n) is 3.05. The summed E-state index contributed by atoms with van der Waals surface area (Å²) in [7, 11) is -1.94. The highest BCUT2D eigenvalue weighted by atomic mass is 32.2. The van der Waals surface area contributed by atoms with Crippen LogP contribution in [0.4, 0.5) is 0 Å². The molecule has 10 nitrogen and oxygen atoms in total. The van der Waals surface area contributed by atoms with E-state index in [-0.39, 0.29) is 16.0 Å². The molecule has 0 saturated carbocycles. The number of ketones is 1. The zero-order valence-electron chi connectivity index (χ0n) is 17.5. The maximum Gasteiger partial charge on any atom is 0.345 e. The number of nitrogens with zero attached hydrogens (tertiary/aromatic N) is 1. The molecule has 1 unspecified atom stereocenters. The molecule has 2 heterocycles. The van der Waals surface area contributed by atoms with E-state index in [0.717, 1.165) is 12.7 Å². The van der Waals surface area contributed by atoms with E-state index >= 15 is 0 Å². The Morgan fingerprint density at radius 1 is 1.03 bits per heavy atom. The van der Waals surface area contributed by atoms with Crippen molar-refractivity contribution in [3.63, 3.8) is 0 Å². The molecule has 0 bridgehead atoms. The van der Waals surface area contributed by atoms with Crippen molar-refractivity contribution in [1.82, 2.24) is 0 Å². The van der Waals surface area contributed by atoms with Gasteiger partial charge in [0.15, 0.2) is 6.20 Å². The van der Waals surface area contributed by atoms with E-state index in [9.17, 15) is 27.4 Å². The van der Waals surface area contributed by atoms with Gasteiger partial charge in [-0.15, -0.1) is 0 Å². The van der Waals surface area contributed by atoms with Gasteiger partial charge >= 0.3 is 11.9 Å². The van der Waals surface area contributed by atoms with Crippen LogP contribution in [0, 0.1) is 6.92 Å². The second-order valence-corrected chi connectivity index (χ2v) is 7.94. The summed E-state index contributed by atoms with van der Waals surface area (Å²) in [5.74, 6) is -2.18. The number of Topliss-reactive ketones (excluding diaryl/α,β-unsaturated/α-hetero) is 1. The predicted octanol–water partition coefficient (Wildman–Crippen LogP) is 0.0889. The van der Waals surface area contributed by atoms with Crippen molar-refractivity contribution < 1.29 is 46.5 Å². The number of methoxy groups -OCH3 is 2. The molecule has 0 saturated heterocycles. The Kier molecular flexibility index (Phi) is 7.97. The van der Waals surface area contributed by atoms with E-state index in [4.69, 9.17) is 5.11 Å². The number of pyridine rings is 1. The fraction of sp³-hybridized carbons (Fsp3) is 0.238. The summed E-state index contributed by atoms with van der Waals surface area (Å²) in [6, 6.07) is 9.57. The number of aliphatic hydroxyl groups is 1. The highest BCUT2D eigenvalue weighted by molar-refractivity contribution is 7.85. The van der Waals surface area contributed by atoms with Crippen molar-refractivity contribution in [2.45, 2.75) is 17.9 Å². The van der Waals surface area contributed by atoms with Crippen molar-refractivity contribution in [1.29, 1.82) is 0 Å². The zero-order valence-corrected chi connectivity index (χ0v) is 18.3. The molecule has 2 aromatic rings. The first-order chi connectivity index (χ1) is 15.1. The van der Waals surface area contributed by atoms with E-state index in [0.29, 0.717) is 5.69 Å². The van der Waals surface area contributed by atoms with Crippen LogP contribution in [0.25, 0.3) is 5.57 Å². The van der Waals surface area contributed by atoms with E-state index < -0.39 is 40.5 Å². The van der Waals surface area contributed by atoms with Crippen LogP contribution >= 0.6 is 0 Å². The smallest absolute Gasteiger partial charge is 0.345 e. The molecule has 0 amide bonds. The molecule has 0 radical (unpaired) electrons. The highest BCUT2D eigenvalue weighted by Gasteiger charge is 2.49. The largest absolute Gasteiger partial charge is 0.744 e. The third-order valence-corrected chi connectivity index (χ3v) is 5.38. The lowest BCUT2D eigenvalue weighted by Crippen LogP contribution is -2.45. The molecule has 0 aliphatic carbocycles. The topological polar surface area (TPSA) is 151 Å². The van der Waals surface area contributed by atoms with Crippen LogP contribution < -0.4 is 4.57 Å². The van der Waals surface area contributed by atoms with E-state index in [1.165, 1.54) is 23.8 Å². The van der Waals surface area contributed by atoms with Gasteiger partial charge in [0.2, 0.25) is 11.5 Å². The van der Waals surface area contributed by atoms with Crippen LogP contribution in [-0.4, -0.2) is 56.6 Å². The summed E-state index contributed by atoms with van der Waals surface area (Å²) in [4.78, 5) is 35.8. The molecular formula is C21H21NO9S. The third-order valence-electron chi connectivity index (χ3n) is 4.53. The monoisotopic (exact) mass is 463 g/mol. The number of aliphatic hydroxyl groups excluding tert-OH is 1. The number of benzene rings is 1. The second kappa shape index (κ2) is 10.3. The van der Waals surface area contributed by atoms with Gasteiger partial charge in [-0.2, -0.15) is 4.57 Å². The summed E-state index contributed by atoms with van der Waals surface area (Å²) in [5.41, 5.74) is 1.13. The number of ether oxygens (including phenoxy) is 2. The fourth-order valence-corrected chi connectivity index (χ4v) is 3.52. The van der Waals surface area contributed by atoms with Gasteiger partial charge in [0.05, 0.1) is 19.1 Å². The molecule has 0 spiro atoms. The van der Waals surface area contributed by atoms with Crippen molar-refractivity contribution in [3.8, 4) is 0 Å². The first-order valence-electron chi connectivity index (χ1n) is 9.14.